The zero-order chi connectivity index (χ0) is 13.5. The summed E-state index contributed by atoms with van der Waals surface area (Å²) in [6.07, 6.45) is 4.59. The quantitative estimate of drug-likeness (QED) is 0.512. The van der Waals surface area contributed by atoms with Crippen molar-refractivity contribution in [2.75, 3.05) is 11.1 Å². The molecule has 0 fully saturated rings. The minimum Gasteiger partial charge on any atom is -0.478 e. The van der Waals surface area contributed by atoms with Crippen LogP contribution in [0.3, 0.4) is 0 Å². The van der Waals surface area contributed by atoms with Crippen LogP contribution in [0.5, 0.6) is 0 Å². The Labute approximate surface area is 108 Å². The van der Waals surface area contributed by atoms with Crippen LogP contribution in [0.25, 0.3) is 0 Å². The molecule has 1 atom stereocenters. The first-order chi connectivity index (χ1) is 8.54. The van der Waals surface area contributed by atoms with Crippen molar-refractivity contribution < 1.29 is 9.90 Å². The molecule has 0 aliphatic rings. The molecule has 0 bridgehead atoms. The van der Waals surface area contributed by atoms with E-state index in [2.05, 4.69) is 19.2 Å². The number of aromatic carboxylic acids is 1. The average molecular weight is 250 g/mol. The van der Waals surface area contributed by atoms with Crippen LogP contribution in [-0.4, -0.2) is 17.1 Å². The van der Waals surface area contributed by atoms with Crippen LogP contribution >= 0.6 is 0 Å². The third-order valence-corrected chi connectivity index (χ3v) is 2.92. The molecule has 0 heterocycles. The molecule has 4 N–H and O–H groups in total. The van der Waals surface area contributed by atoms with Gasteiger partial charge in [0.05, 0.1) is 5.56 Å². The topological polar surface area (TPSA) is 75.3 Å². The van der Waals surface area contributed by atoms with E-state index in [1.807, 2.05) is 0 Å². The van der Waals surface area contributed by atoms with Crippen molar-refractivity contribution in [3.63, 3.8) is 0 Å². The molecule has 0 spiro atoms. The number of benzene rings is 1. The van der Waals surface area contributed by atoms with E-state index in [-0.39, 0.29) is 11.6 Å². The molecule has 1 aromatic carbocycles. The SMILES string of the molecule is CCCCCC(C)Nc1ccc(N)cc1C(=O)O. The summed E-state index contributed by atoms with van der Waals surface area (Å²) in [6, 6.07) is 5.20. The lowest BCUT2D eigenvalue weighted by molar-refractivity contribution is 0.0698. The average Bonchev–Trinajstić information content (AvgIpc) is 2.31. The lowest BCUT2D eigenvalue weighted by atomic mass is 10.1. The van der Waals surface area contributed by atoms with Gasteiger partial charge in [0, 0.05) is 17.4 Å². The van der Waals surface area contributed by atoms with E-state index in [0.29, 0.717) is 11.4 Å². The molecule has 0 aromatic heterocycles. The molecule has 0 amide bonds. The Morgan fingerprint density at radius 3 is 2.78 bits per heavy atom. The summed E-state index contributed by atoms with van der Waals surface area (Å²) in [6.45, 7) is 4.23. The Hall–Kier alpha value is -1.71. The lowest BCUT2D eigenvalue weighted by Gasteiger charge is -2.17. The second kappa shape index (κ2) is 6.89. The van der Waals surface area contributed by atoms with Gasteiger partial charge in [-0.15, -0.1) is 0 Å². The monoisotopic (exact) mass is 250 g/mol. The van der Waals surface area contributed by atoms with Crippen LogP contribution in [0.2, 0.25) is 0 Å². The van der Waals surface area contributed by atoms with Crippen LogP contribution in [0.1, 0.15) is 49.9 Å². The summed E-state index contributed by atoms with van der Waals surface area (Å²) >= 11 is 0. The summed E-state index contributed by atoms with van der Waals surface area (Å²) in [7, 11) is 0. The van der Waals surface area contributed by atoms with Gasteiger partial charge < -0.3 is 16.2 Å². The number of carbonyl (C=O) groups is 1. The van der Waals surface area contributed by atoms with Gasteiger partial charge >= 0.3 is 5.97 Å². The molecule has 18 heavy (non-hydrogen) atoms. The van der Waals surface area contributed by atoms with Gasteiger partial charge in [0.25, 0.3) is 0 Å². The van der Waals surface area contributed by atoms with Crippen molar-refractivity contribution in [1.29, 1.82) is 0 Å². The van der Waals surface area contributed by atoms with E-state index < -0.39 is 5.97 Å². The lowest BCUT2D eigenvalue weighted by Crippen LogP contribution is -2.17. The predicted molar refractivity (Wildman–Crippen MR) is 75.0 cm³/mol. The van der Waals surface area contributed by atoms with Gasteiger partial charge in [-0.3, -0.25) is 0 Å². The number of rotatable bonds is 7. The van der Waals surface area contributed by atoms with Crippen LogP contribution in [0, 0.1) is 0 Å². The number of carboxylic acid groups (broad SMARTS) is 1. The maximum atomic E-state index is 11.1. The Bertz CT molecular complexity index is 405. The fraction of sp³-hybridized carbons (Fsp3) is 0.500. The van der Waals surface area contributed by atoms with Crippen LogP contribution in [0.15, 0.2) is 18.2 Å². The molecule has 0 aliphatic heterocycles. The molecule has 1 unspecified atom stereocenters. The highest BCUT2D eigenvalue weighted by Crippen LogP contribution is 2.20. The molecule has 4 nitrogen and oxygen atoms in total. The zero-order valence-electron chi connectivity index (χ0n) is 11.1. The second-order valence-electron chi connectivity index (χ2n) is 4.65. The van der Waals surface area contributed by atoms with Gasteiger partial charge in [-0.1, -0.05) is 26.2 Å². The van der Waals surface area contributed by atoms with Crippen molar-refractivity contribution in [2.45, 2.75) is 45.6 Å². The van der Waals surface area contributed by atoms with Gasteiger partial charge in [0.2, 0.25) is 0 Å². The molecule has 100 valence electrons. The normalized spacial score (nSPS) is 12.1. The van der Waals surface area contributed by atoms with Gasteiger partial charge in [0.15, 0.2) is 0 Å². The van der Waals surface area contributed by atoms with Gasteiger partial charge in [-0.2, -0.15) is 0 Å². The van der Waals surface area contributed by atoms with E-state index in [4.69, 9.17) is 10.8 Å². The summed E-state index contributed by atoms with van der Waals surface area (Å²) in [5, 5.41) is 12.4. The first kappa shape index (κ1) is 14.4. The molecular formula is C14H22N2O2. The van der Waals surface area contributed by atoms with Crippen LogP contribution < -0.4 is 11.1 Å². The molecule has 4 heteroatoms. The number of carboxylic acids is 1. The van der Waals surface area contributed by atoms with Gasteiger partial charge in [0.1, 0.15) is 0 Å². The number of hydrogen-bond acceptors (Lipinski definition) is 3. The van der Waals surface area contributed by atoms with E-state index in [1.165, 1.54) is 18.9 Å². The highest BCUT2D eigenvalue weighted by Gasteiger charge is 2.12. The van der Waals surface area contributed by atoms with Crippen molar-refractivity contribution in [1.82, 2.24) is 0 Å². The Balaban J connectivity index is 2.68. The zero-order valence-corrected chi connectivity index (χ0v) is 11.1. The first-order valence-electron chi connectivity index (χ1n) is 6.44. The Morgan fingerprint density at radius 2 is 2.17 bits per heavy atom. The molecule has 1 aromatic rings. The minimum absolute atomic E-state index is 0.234. The molecule has 0 saturated heterocycles. The maximum absolute atomic E-state index is 11.1. The van der Waals surface area contributed by atoms with E-state index >= 15 is 0 Å². The second-order valence-corrected chi connectivity index (χ2v) is 4.65. The van der Waals surface area contributed by atoms with Gasteiger partial charge in [-0.25, -0.2) is 4.79 Å². The molecule has 0 radical (unpaired) electrons. The van der Waals surface area contributed by atoms with E-state index in [1.54, 1.807) is 12.1 Å². The van der Waals surface area contributed by atoms with E-state index in [9.17, 15) is 4.79 Å². The van der Waals surface area contributed by atoms with Crippen LogP contribution in [-0.2, 0) is 0 Å². The smallest absolute Gasteiger partial charge is 0.337 e. The first-order valence-corrected chi connectivity index (χ1v) is 6.44. The number of nitrogens with two attached hydrogens (primary N) is 1. The fourth-order valence-electron chi connectivity index (χ4n) is 1.90. The molecule has 0 saturated carbocycles. The fourth-order valence-corrected chi connectivity index (χ4v) is 1.90. The molecule has 1 rings (SSSR count). The number of nitrogen functional groups attached to an aromatic ring is 1. The standard InChI is InChI=1S/C14H22N2O2/c1-3-4-5-6-10(2)16-13-8-7-11(15)9-12(13)14(17)18/h7-10,16H,3-6,15H2,1-2H3,(H,17,18). The summed E-state index contributed by atoms with van der Waals surface area (Å²) in [5.41, 5.74) is 6.95. The predicted octanol–water partition coefficient (Wildman–Crippen LogP) is 3.35. The van der Waals surface area contributed by atoms with Crippen molar-refractivity contribution >= 4 is 17.3 Å². The van der Waals surface area contributed by atoms with Gasteiger partial charge in [-0.05, 0) is 31.5 Å². The number of unbranched alkanes of at least 4 members (excludes halogenated alkanes) is 2. The van der Waals surface area contributed by atoms with Crippen molar-refractivity contribution in [3.05, 3.63) is 23.8 Å². The third kappa shape index (κ3) is 4.28. The highest BCUT2D eigenvalue weighted by molar-refractivity contribution is 5.95. The largest absolute Gasteiger partial charge is 0.478 e. The highest BCUT2D eigenvalue weighted by atomic mass is 16.4. The minimum atomic E-state index is -0.953. The third-order valence-electron chi connectivity index (χ3n) is 2.92. The maximum Gasteiger partial charge on any atom is 0.337 e. The summed E-state index contributed by atoms with van der Waals surface area (Å²) in [4.78, 5) is 11.1. The number of anilines is 2. The van der Waals surface area contributed by atoms with E-state index in [0.717, 1.165) is 12.8 Å². The summed E-state index contributed by atoms with van der Waals surface area (Å²) in [5.74, 6) is -0.953. The van der Waals surface area contributed by atoms with Crippen LogP contribution in [0.4, 0.5) is 11.4 Å². The van der Waals surface area contributed by atoms with Crippen molar-refractivity contribution in [2.24, 2.45) is 0 Å². The molecule has 0 aliphatic carbocycles. The Kier molecular flexibility index (Phi) is 5.49. The number of hydrogen-bond donors (Lipinski definition) is 3. The molecular weight excluding hydrogens is 228 g/mol. The summed E-state index contributed by atoms with van der Waals surface area (Å²) < 4.78 is 0. The van der Waals surface area contributed by atoms with Crippen molar-refractivity contribution in [3.8, 4) is 0 Å². The number of nitrogens with one attached hydrogen (secondary N) is 1. The Morgan fingerprint density at radius 1 is 1.44 bits per heavy atom.